The molecule has 0 aromatic rings. The fraction of sp³-hybridized carbons (Fsp3) is 0.714. The summed E-state index contributed by atoms with van der Waals surface area (Å²) >= 11 is 0. The van der Waals surface area contributed by atoms with E-state index in [4.69, 9.17) is 21.9 Å². The molecule has 0 aliphatic rings. The van der Waals surface area contributed by atoms with Crippen LogP contribution in [0.2, 0.25) is 0 Å². The number of nitrogens with one attached hydrogen (secondary N) is 3. The summed E-state index contributed by atoms with van der Waals surface area (Å²) < 4.78 is 4.92. The molecule has 0 unspecified atom stereocenters. The number of carbonyl (C=O) groups is 2. The summed E-state index contributed by atoms with van der Waals surface area (Å²) in [6, 6.07) is -1.95. The zero-order valence-corrected chi connectivity index (χ0v) is 17.0. The van der Waals surface area contributed by atoms with Crippen molar-refractivity contribution < 1.29 is 24.4 Å². The van der Waals surface area contributed by atoms with Gasteiger partial charge >= 0.3 is 5.97 Å². The van der Waals surface area contributed by atoms with Gasteiger partial charge in [0.1, 0.15) is 6.04 Å². The van der Waals surface area contributed by atoms with Crippen LogP contribution in [-0.4, -0.2) is 65.6 Å². The predicted molar refractivity (Wildman–Crippen MR) is 108 cm³/mol. The van der Waals surface area contributed by atoms with Crippen LogP contribution in [0.1, 0.15) is 32.6 Å². The van der Waals surface area contributed by atoms with Crippen molar-refractivity contribution in [2.24, 2.45) is 27.2 Å². The molecule has 0 heterocycles. The van der Waals surface area contributed by atoms with Gasteiger partial charge in [-0.1, -0.05) is 10.9 Å². The normalized spacial score (nSPS) is 13.6. The third kappa shape index (κ3) is 14.0. The molecule has 176 valence electrons. The molecule has 2 atom stereocenters. The molecule has 0 saturated heterocycles. The molecule has 0 aromatic heterocycles. The van der Waals surface area contributed by atoms with Gasteiger partial charge in [-0.2, -0.15) is 0 Å². The molecule has 9 N–H and O–H groups in total. The molecule has 17 heteroatoms. The van der Waals surface area contributed by atoms with Crippen LogP contribution in [0.4, 0.5) is 0 Å². The van der Waals surface area contributed by atoms with E-state index in [2.05, 4.69) is 15.3 Å². The largest absolute Gasteiger partial charge is 0.464 e. The number of hydrogen-bond donors (Lipinski definition) is 6. The molecule has 0 spiro atoms. The number of ether oxygens (including phenoxy) is 1. The fourth-order valence-electron chi connectivity index (χ4n) is 2.17. The van der Waals surface area contributed by atoms with Gasteiger partial charge < -0.3 is 27.3 Å². The summed E-state index contributed by atoms with van der Waals surface area (Å²) in [5.74, 6) is -2.02. The molecule has 0 aliphatic carbocycles. The van der Waals surface area contributed by atoms with Gasteiger partial charge in [-0.05, 0) is 32.6 Å². The van der Waals surface area contributed by atoms with Gasteiger partial charge in [0, 0.05) is 13.1 Å². The van der Waals surface area contributed by atoms with Crippen LogP contribution >= 0.6 is 0 Å². The number of hydrazine groups is 2. The van der Waals surface area contributed by atoms with Crippen LogP contribution in [0.3, 0.4) is 0 Å². The SMILES string of the molecule is CCOC(=O)[C@H](CCCN=C(N)N[N+](=O)[O-])NC(=O)[C@@H](N)CCCN=C(N)N[N+](=O)[O-]. The van der Waals surface area contributed by atoms with Crippen molar-refractivity contribution in [1.29, 1.82) is 0 Å². The molecule has 17 nitrogen and oxygen atoms in total. The van der Waals surface area contributed by atoms with E-state index in [1.54, 1.807) is 17.8 Å². The number of aliphatic imine (C=N–C) groups is 2. The number of esters is 1. The second-order valence-electron chi connectivity index (χ2n) is 5.98. The lowest BCUT2D eigenvalue weighted by atomic mass is 10.1. The van der Waals surface area contributed by atoms with Gasteiger partial charge in [0.25, 0.3) is 11.9 Å². The average molecular weight is 448 g/mol. The van der Waals surface area contributed by atoms with E-state index in [0.29, 0.717) is 6.42 Å². The third-order valence-corrected chi connectivity index (χ3v) is 3.52. The topological polar surface area (TPSA) is 269 Å². The number of nitrogens with zero attached hydrogens (tertiary/aromatic N) is 4. The minimum atomic E-state index is -0.989. The van der Waals surface area contributed by atoms with Crippen LogP contribution in [0, 0.1) is 20.2 Å². The Labute approximate surface area is 177 Å². The monoisotopic (exact) mass is 448 g/mol. The molecule has 0 aromatic carbocycles. The first-order chi connectivity index (χ1) is 14.6. The summed E-state index contributed by atoms with van der Waals surface area (Å²) in [6.45, 7) is 1.89. The van der Waals surface area contributed by atoms with Gasteiger partial charge in [-0.15, -0.1) is 0 Å². The minimum Gasteiger partial charge on any atom is -0.464 e. The Hall–Kier alpha value is -3.76. The number of nitrogens with two attached hydrogens (primary N) is 3. The van der Waals surface area contributed by atoms with Gasteiger partial charge in [0.2, 0.25) is 5.91 Å². The zero-order chi connectivity index (χ0) is 23.8. The minimum absolute atomic E-state index is 0.0715. The molecule has 0 saturated carbocycles. The van der Waals surface area contributed by atoms with E-state index in [0.717, 1.165) is 0 Å². The Kier molecular flexibility index (Phi) is 13.3. The second-order valence-corrected chi connectivity index (χ2v) is 5.98. The first-order valence-corrected chi connectivity index (χ1v) is 9.21. The Bertz CT molecular complexity index is 684. The average Bonchev–Trinajstić information content (AvgIpc) is 2.66. The van der Waals surface area contributed by atoms with Crippen molar-refractivity contribution in [1.82, 2.24) is 16.2 Å². The molecule has 0 bridgehead atoms. The van der Waals surface area contributed by atoms with Gasteiger partial charge in [0.05, 0.1) is 12.6 Å². The summed E-state index contributed by atoms with van der Waals surface area (Å²) in [7, 11) is 0. The molecule has 0 rings (SSSR count). The van der Waals surface area contributed by atoms with Crippen molar-refractivity contribution in [3.63, 3.8) is 0 Å². The lowest BCUT2D eigenvalue weighted by molar-refractivity contribution is -0.525. The standard InChI is InChI=1S/C14H28N10O7/c1-2-31-12(26)10(6-4-8-19-14(17)22-24(29)30)20-11(25)9(15)5-3-7-18-13(16)21-23(27)28/h9-10H,2-8,15H2,1H3,(H,20,25)(H3,16,18,21)(H3,17,19,22)/t9-,10-/m0/s1. The number of amides is 1. The molecular formula is C14H28N10O7. The Morgan fingerprint density at radius 2 is 1.48 bits per heavy atom. The highest BCUT2D eigenvalue weighted by Crippen LogP contribution is 2.03. The van der Waals surface area contributed by atoms with E-state index in [9.17, 15) is 29.8 Å². The first-order valence-electron chi connectivity index (χ1n) is 9.21. The lowest BCUT2D eigenvalue weighted by Gasteiger charge is -2.19. The maximum atomic E-state index is 12.3. The number of nitro groups is 2. The van der Waals surface area contributed by atoms with Crippen molar-refractivity contribution in [3.05, 3.63) is 20.2 Å². The van der Waals surface area contributed by atoms with Gasteiger partial charge in [0.15, 0.2) is 10.1 Å². The van der Waals surface area contributed by atoms with Crippen LogP contribution in [0.15, 0.2) is 9.98 Å². The van der Waals surface area contributed by atoms with Crippen molar-refractivity contribution >= 4 is 23.8 Å². The van der Waals surface area contributed by atoms with E-state index in [1.807, 2.05) is 0 Å². The Balaban J connectivity index is 4.60. The summed E-state index contributed by atoms with van der Waals surface area (Å²) in [4.78, 5) is 52.2. The second kappa shape index (κ2) is 15.1. The van der Waals surface area contributed by atoms with Crippen molar-refractivity contribution in [3.8, 4) is 0 Å². The van der Waals surface area contributed by atoms with E-state index in [1.165, 1.54) is 0 Å². The highest BCUT2D eigenvalue weighted by atomic mass is 16.7. The van der Waals surface area contributed by atoms with Crippen molar-refractivity contribution in [2.45, 2.75) is 44.7 Å². The van der Waals surface area contributed by atoms with Gasteiger partial charge in [-0.3, -0.25) is 4.79 Å². The summed E-state index contributed by atoms with van der Waals surface area (Å²) in [5.41, 5.74) is 19.7. The molecule has 0 fully saturated rings. The van der Waals surface area contributed by atoms with E-state index in [-0.39, 0.29) is 50.9 Å². The first kappa shape index (κ1) is 27.2. The third-order valence-electron chi connectivity index (χ3n) is 3.52. The van der Waals surface area contributed by atoms with Crippen LogP contribution in [0.25, 0.3) is 0 Å². The number of hydrogen-bond acceptors (Lipinski definition) is 10. The molecule has 31 heavy (non-hydrogen) atoms. The quantitative estimate of drug-likeness (QED) is 0.0390. The Morgan fingerprint density at radius 1 is 1.00 bits per heavy atom. The summed E-state index contributed by atoms with van der Waals surface area (Å²) in [6.07, 6.45) is 0.913. The predicted octanol–water partition coefficient (Wildman–Crippen LogP) is -2.89. The number of carbonyl (C=O) groups excluding carboxylic acids is 2. The maximum Gasteiger partial charge on any atom is 0.328 e. The molecule has 1 amide bonds. The maximum absolute atomic E-state index is 12.3. The van der Waals surface area contributed by atoms with Gasteiger partial charge in [-0.25, -0.2) is 35.0 Å². The highest BCUT2D eigenvalue weighted by Gasteiger charge is 2.24. The Morgan fingerprint density at radius 3 is 1.94 bits per heavy atom. The fourth-order valence-corrected chi connectivity index (χ4v) is 2.17. The molecule has 0 aliphatic heterocycles. The smallest absolute Gasteiger partial charge is 0.328 e. The molecule has 0 radical (unpaired) electrons. The molecular weight excluding hydrogens is 420 g/mol. The number of rotatable bonds is 14. The van der Waals surface area contributed by atoms with Crippen molar-refractivity contribution in [2.75, 3.05) is 19.7 Å². The van der Waals surface area contributed by atoms with E-state index < -0.39 is 34.0 Å². The zero-order valence-electron chi connectivity index (χ0n) is 17.0. The number of guanidine groups is 2. The summed E-state index contributed by atoms with van der Waals surface area (Å²) in [5, 5.41) is 21.2. The lowest BCUT2D eigenvalue weighted by Crippen LogP contribution is -2.49. The van der Waals surface area contributed by atoms with Crippen LogP contribution in [-0.2, 0) is 14.3 Å². The van der Waals surface area contributed by atoms with Crippen LogP contribution < -0.4 is 33.4 Å². The van der Waals surface area contributed by atoms with E-state index >= 15 is 0 Å². The highest BCUT2D eigenvalue weighted by molar-refractivity contribution is 5.87. The van der Waals surface area contributed by atoms with Crippen LogP contribution in [0.5, 0.6) is 0 Å².